The van der Waals surface area contributed by atoms with Gasteiger partial charge >= 0.3 is 5.97 Å². The molecule has 4 nitrogen and oxygen atoms in total. The van der Waals surface area contributed by atoms with Gasteiger partial charge in [-0.15, -0.1) is 0 Å². The number of carboxylic acids is 1. The van der Waals surface area contributed by atoms with Crippen LogP contribution in [0.5, 0.6) is 0 Å². The molecule has 0 aliphatic rings. The predicted molar refractivity (Wildman–Crippen MR) is 60.7 cm³/mol. The summed E-state index contributed by atoms with van der Waals surface area (Å²) in [4.78, 5) is 21.0. The van der Waals surface area contributed by atoms with Gasteiger partial charge in [0.1, 0.15) is 0 Å². The lowest BCUT2D eigenvalue weighted by Gasteiger charge is -2.16. The molecule has 0 aromatic heterocycles. The van der Waals surface area contributed by atoms with Gasteiger partial charge in [-0.3, -0.25) is 9.59 Å². The fraction of sp³-hybridized carbons (Fsp3) is 0.200. The average Bonchev–Trinajstić information content (AvgIpc) is 2.21. The molecule has 1 aromatic carbocycles. The molecule has 16 heavy (non-hydrogen) atoms. The number of halogens is 2. The minimum atomic E-state index is -1.03. The highest BCUT2D eigenvalue weighted by Crippen LogP contribution is 2.31. The van der Waals surface area contributed by atoms with E-state index < -0.39 is 12.0 Å². The largest absolute Gasteiger partial charge is 0.481 e. The van der Waals surface area contributed by atoms with Crippen molar-refractivity contribution in [1.82, 2.24) is 5.32 Å². The summed E-state index contributed by atoms with van der Waals surface area (Å²) in [5.74, 6) is -1.03. The van der Waals surface area contributed by atoms with Crippen LogP contribution in [0.15, 0.2) is 18.2 Å². The molecule has 1 atom stereocenters. The maximum atomic E-state index is 10.6. The molecular weight excluding hydrogens is 253 g/mol. The van der Waals surface area contributed by atoms with Gasteiger partial charge in [0.25, 0.3) is 0 Å². The summed E-state index contributed by atoms with van der Waals surface area (Å²) in [6, 6.07) is 4.18. The summed E-state index contributed by atoms with van der Waals surface area (Å²) in [5.41, 5.74) is 0.490. The van der Waals surface area contributed by atoms with Crippen LogP contribution in [0.3, 0.4) is 0 Å². The first kappa shape index (κ1) is 12.8. The first-order chi connectivity index (χ1) is 7.56. The molecule has 86 valence electrons. The van der Waals surface area contributed by atoms with Gasteiger partial charge in [-0.1, -0.05) is 35.3 Å². The zero-order valence-electron chi connectivity index (χ0n) is 8.11. The van der Waals surface area contributed by atoms with E-state index in [1.807, 2.05) is 0 Å². The molecule has 1 aromatic rings. The standard InChI is InChI=1S/C10H9Cl2NO3/c11-7-3-1-2-6(10(7)12)8(13-5-14)4-9(15)16/h1-3,5,8H,4H2,(H,13,14)(H,15,16). The summed E-state index contributed by atoms with van der Waals surface area (Å²) < 4.78 is 0. The molecule has 0 bridgehead atoms. The van der Waals surface area contributed by atoms with Crippen molar-refractivity contribution >= 4 is 35.6 Å². The average molecular weight is 262 g/mol. The van der Waals surface area contributed by atoms with Gasteiger partial charge in [-0.05, 0) is 11.6 Å². The number of aliphatic carboxylic acids is 1. The van der Waals surface area contributed by atoms with Crippen molar-refractivity contribution in [2.24, 2.45) is 0 Å². The Bertz CT molecular complexity index is 409. The van der Waals surface area contributed by atoms with Crippen LogP contribution in [0.4, 0.5) is 0 Å². The molecule has 2 N–H and O–H groups in total. The van der Waals surface area contributed by atoms with E-state index >= 15 is 0 Å². The summed E-state index contributed by atoms with van der Waals surface area (Å²) >= 11 is 11.7. The first-order valence-corrected chi connectivity index (χ1v) is 5.17. The van der Waals surface area contributed by atoms with Crippen molar-refractivity contribution in [3.05, 3.63) is 33.8 Å². The van der Waals surface area contributed by atoms with Crippen molar-refractivity contribution in [2.45, 2.75) is 12.5 Å². The smallest absolute Gasteiger partial charge is 0.305 e. The summed E-state index contributed by atoms with van der Waals surface area (Å²) in [5, 5.41) is 11.7. The van der Waals surface area contributed by atoms with Gasteiger partial charge in [0.05, 0.1) is 22.5 Å². The maximum Gasteiger partial charge on any atom is 0.305 e. The fourth-order valence-electron chi connectivity index (χ4n) is 1.31. The topological polar surface area (TPSA) is 66.4 Å². The molecule has 6 heteroatoms. The maximum absolute atomic E-state index is 10.6. The number of carbonyl (C=O) groups excluding carboxylic acids is 1. The summed E-state index contributed by atoms with van der Waals surface area (Å²) in [6.45, 7) is 0. The second-order valence-corrected chi connectivity index (χ2v) is 3.86. The number of carboxylic acid groups (broad SMARTS) is 1. The molecule has 1 rings (SSSR count). The fourth-order valence-corrected chi connectivity index (χ4v) is 1.74. The Balaban J connectivity index is 3.04. The van der Waals surface area contributed by atoms with Crippen molar-refractivity contribution in [1.29, 1.82) is 0 Å². The van der Waals surface area contributed by atoms with Crippen LogP contribution in [0.25, 0.3) is 0 Å². The highest BCUT2D eigenvalue weighted by molar-refractivity contribution is 6.42. The van der Waals surface area contributed by atoms with Crippen molar-refractivity contribution < 1.29 is 14.7 Å². The Hall–Kier alpha value is -1.26. The summed E-state index contributed by atoms with van der Waals surface area (Å²) in [6.07, 6.45) is 0.184. The lowest BCUT2D eigenvalue weighted by atomic mass is 10.0. The highest BCUT2D eigenvalue weighted by Gasteiger charge is 2.18. The zero-order chi connectivity index (χ0) is 12.1. The summed E-state index contributed by atoms with van der Waals surface area (Å²) in [7, 11) is 0. The Morgan fingerprint density at radius 1 is 1.50 bits per heavy atom. The van der Waals surface area contributed by atoms with Gasteiger partial charge in [0.2, 0.25) is 6.41 Å². The number of benzene rings is 1. The molecule has 0 spiro atoms. The molecule has 0 radical (unpaired) electrons. The Kier molecular flexibility index (Phi) is 4.58. The van der Waals surface area contributed by atoms with Gasteiger partial charge in [0, 0.05) is 0 Å². The van der Waals surface area contributed by atoms with Gasteiger partial charge in [-0.25, -0.2) is 0 Å². The SMILES string of the molecule is O=CNC(CC(=O)O)c1cccc(Cl)c1Cl. The molecule has 0 aliphatic carbocycles. The van der Waals surface area contributed by atoms with Crippen LogP contribution in [-0.4, -0.2) is 17.5 Å². The van der Waals surface area contributed by atoms with Crippen LogP contribution < -0.4 is 5.32 Å². The van der Waals surface area contributed by atoms with Crippen LogP contribution in [0.2, 0.25) is 10.0 Å². The first-order valence-electron chi connectivity index (χ1n) is 4.41. The second-order valence-electron chi connectivity index (χ2n) is 3.08. The van der Waals surface area contributed by atoms with E-state index in [1.165, 1.54) is 0 Å². The van der Waals surface area contributed by atoms with Crippen molar-refractivity contribution in [2.75, 3.05) is 0 Å². The molecule has 0 heterocycles. The second kappa shape index (κ2) is 5.72. The molecule has 0 saturated heterocycles. The number of amides is 1. The van der Waals surface area contributed by atoms with Crippen LogP contribution >= 0.6 is 23.2 Å². The lowest BCUT2D eigenvalue weighted by molar-refractivity contribution is -0.137. The molecule has 0 aliphatic heterocycles. The van der Waals surface area contributed by atoms with Crippen LogP contribution in [-0.2, 0) is 9.59 Å². The van der Waals surface area contributed by atoms with E-state index in [0.717, 1.165) is 0 Å². The van der Waals surface area contributed by atoms with Gasteiger partial charge in [0.15, 0.2) is 0 Å². The van der Waals surface area contributed by atoms with E-state index in [2.05, 4.69) is 5.32 Å². The Labute approximate surface area is 102 Å². The number of nitrogens with one attached hydrogen (secondary N) is 1. The van der Waals surface area contributed by atoms with Crippen molar-refractivity contribution in [3.63, 3.8) is 0 Å². The minimum absolute atomic E-state index is 0.251. The predicted octanol–water partition coefficient (Wildman–Crippen LogP) is 2.26. The van der Waals surface area contributed by atoms with E-state index in [9.17, 15) is 9.59 Å². The van der Waals surface area contributed by atoms with Gasteiger partial charge in [-0.2, -0.15) is 0 Å². The normalized spacial score (nSPS) is 11.9. The minimum Gasteiger partial charge on any atom is -0.481 e. The number of carbonyl (C=O) groups is 2. The molecule has 0 saturated carbocycles. The van der Waals surface area contributed by atoms with E-state index in [0.29, 0.717) is 17.0 Å². The lowest BCUT2D eigenvalue weighted by Crippen LogP contribution is -2.22. The monoisotopic (exact) mass is 261 g/mol. The third kappa shape index (κ3) is 3.12. The third-order valence-corrected chi connectivity index (χ3v) is 2.84. The molecule has 1 unspecified atom stereocenters. The Morgan fingerprint density at radius 3 is 2.75 bits per heavy atom. The zero-order valence-corrected chi connectivity index (χ0v) is 9.63. The third-order valence-electron chi connectivity index (χ3n) is 2.00. The Morgan fingerprint density at radius 2 is 2.19 bits per heavy atom. The van der Waals surface area contributed by atoms with Crippen LogP contribution in [0.1, 0.15) is 18.0 Å². The number of hydrogen-bond donors (Lipinski definition) is 2. The van der Waals surface area contributed by atoms with E-state index in [1.54, 1.807) is 18.2 Å². The molecular formula is C10H9Cl2NO3. The quantitative estimate of drug-likeness (QED) is 0.800. The number of hydrogen-bond acceptors (Lipinski definition) is 2. The van der Waals surface area contributed by atoms with E-state index in [4.69, 9.17) is 28.3 Å². The van der Waals surface area contributed by atoms with E-state index in [-0.39, 0.29) is 11.4 Å². The van der Waals surface area contributed by atoms with Gasteiger partial charge < -0.3 is 10.4 Å². The highest BCUT2D eigenvalue weighted by atomic mass is 35.5. The molecule has 0 fully saturated rings. The van der Waals surface area contributed by atoms with Crippen LogP contribution in [0, 0.1) is 0 Å². The number of rotatable bonds is 5. The molecule has 1 amide bonds. The van der Waals surface area contributed by atoms with Crippen molar-refractivity contribution in [3.8, 4) is 0 Å².